The van der Waals surface area contributed by atoms with Crippen molar-refractivity contribution in [2.75, 3.05) is 5.73 Å². The number of hydrogen-bond donors (Lipinski definition) is 1. The first-order valence-corrected chi connectivity index (χ1v) is 5.02. The molecule has 0 aliphatic carbocycles. The minimum absolute atomic E-state index is 0.579. The predicted molar refractivity (Wildman–Crippen MR) is 63.8 cm³/mol. The molecule has 0 saturated carbocycles. The SMILES string of the molecule is Cc1ccncc1-c1ccc(N)c(Cl)c1. The van der Waals surface area contributed by atoms with Crippen molar-refractivity contribution >= 4 is 17.3 Å². The van der Waals surface area contributed by atoms with Crippen LogP contribution in [0, 0.1) is 6.92 Å². The van der Waals surface area contributed by atoms with Gasteiger partial charge >= 0.3 is 0 Å². The maximum absolute atomic E-state index is 5.97. The van der Waals surface area contributed by atoms with Gasteiger partial charge in [-0.15, -0.1) is 0 Å². The Labute approximate surface area is 93.7 Å². The Bertz CT molecular complexity index is 495. The molecule has 0 aliphatic heterocycles. The van der Waals surface area contributed by atoms with Crippen LogP contribution in [0.15, 0.2) is 36.7 Å². The van der Waals surface area contributed by atoms with Gasteiger partial charge in [0.25, 0.3) is 0 Å². The first-order chi connectivity index (χ1) is 7.18. The number of hydrogen-bond acceptors (Lipinski definition) is 2. The lowest BCUT2D eigenvalue weighted by atomic mass is 10.0. The largest absolute Gasteiger partial charge is 0.398 e. The fraction of sp³-hybridized carbons (Fsp3) is 0.0833. The molecule has 0 unspecified atom stereocenters. The maximum atomic E-state index is 5.97. The lowest BCUT2D eigenvalue weighted by Crippen LogP contribution is -1.88. The summed E-state index contributed by atoms with van der Waals surface area (Å²) in [5.41, 5.74) is 9.55. The molecule has 0 radical (unpaired) electrons. The monoisotopic (exact) mass is 218 g/mol. The number of anilines is 1. The Kier molecular flexibility index (Phi) is 2.60. The van der Waals surface area contributed by atoms with Crippen molar-refractivity contribution in [1.29, 1.82) is 0 Å². The van der Waals surface area contributed by atoms with Crippen molar-refractivity contribution in [2.24, 2.45) is 0 Å². The smallest absolute Gasteiger partial charge is 0.0641 e. The van der Waals surface area contributed by atoms with E-state index < -0.39 is 0 Å². The standard InChI is InChI=1S/C12H11ClN2/c1-8-4-5-15-7-10(8)9-2-3-12(14)11(13)6-9/h2-7H,14H2,1H3. The lowest BCUT2D eigenvalue weighted by molar-refractivity contribution is 1.29. The number of rotatable bonds is 1. The van der Waals surface area contributed by atoms with E-state index in [1.54, 1.807) is 6.20 Å². The van der Waals surface area contributed by atoms with E-state index in [2.05, 4.69) is 4.98 Å². The van der Waals surface area contributed by atoms with Gasteiger partial charge in [0.15, 0.2) is 0 Å². The highest BCUT2D eigenvalue weighted by molar-refractivity contribution is 6.33. The summed E-state index contributed by atoms with van der Waals surface area (Å²) in [6, 6.07) is 7.59. The highest BCUT2D eigenvalue weighted by Crippen LogP contribution is 2.28. The van der Waals surface area contributed by atoms with Crippen molar-refractivity contribution in [3.63, 3.8) is 0 Å². The minimum atomic E-state index is 0.579. The number of nitrogens with zero attached hydrogens (tertiary/aromatic N) is 1. The second kappa shape index (κ2) is 3.91. The summed E-state index contributed by atoms with van der Waals surface area (Å²) in [5.74, 6) is 0. The molecule has 2 N–H and O–H groups in total. The number of aromatic nitrogens is 1. The normalized spacial score (nSPS) is 10.3. The van der Waals surface area contributed by atoms with Crippen molar-refractivity contribution in [3.05, 3.63) is 47.2 Å². The molecule has 2 rings (SSSR count). The van der Waals surface area contributed by atoms with Gasteiger partial charge in [0.05, 0.1) is 10.7 Å². The van der Waals surface area contributed by atoms with E-state index in [4.69, 9.17) is 17.3 Å². The number of halogens is 1. The highest BCUT2D eigenvalue weighted by atomic mass is 35.5. The summed E-state index contributed by atoms with van der Waals surface area (Å²) in [6.45, 7) is 2.04. The third-order valence-corrected chi connectivity index (χ3v) is 2.68. The summed E-state index contributed by atoms with van der Waals surface area (Å²) in [7, 11) is 0. The molecular formula is C12H11ClN2. The number of nitrogen functional groups attached to an aromatic ring is 1. The molecule has 0 amide bonds. The van der Waals surface area contributed by atoms with Gasteiger partial charge in [-0.25, -0.2) is 0 Å². The fourth-order valence-electron chi connectivity index (χ4n) is 1.46. The van der Waals surface area contributed by atoms with Crippen LogP contribution in [-0.4, -0.2) is 4.98 Å². The molecule has 0 bridgehead atoms. The predicted octanol–water partition coefficient (Wildman–Crippen LogP) is 3.29. The van der Waals surface area contributed by atoms with Gasteiger partial charge in [-0.05, 0) is 36.2 Å². The Balaban J connectivity index is 2.55. The molecular weight excluding hydrogens is 208 g/mol. The Morgan fingerprint density at radius 2 is 2.07 bits per heavy atom. The number of nitrogens with two attached hydrogens (primary N) is 1. The van der Waals surface area contributed by atoms with Crippen molar-refractivity contribution in [2.45, 2.75) is 6.92 Å². The average molecular weight is 219 g/mol. The molecule has 1 aromatic carbocycles. The lowest BCUT2D eigenvalue weighted by Gasteiger charge is -2.06. The van der Waals surface area contributed by atoms with E-state index in [9.17, 15) is 0 Å². The minimum Gasteiger partial charge on any atom is -0.398 e. The van der Waals surface area contributed by atoms with E-state index in [0.29, 0.717) is 10.7 Å². The van der Waals surface area contributed by atoms with Gasteiger partial charge in [-0.3, -0.25) is 4.98 Å². The van der Waals surface area contributed by atoms with Gasteiger partial charge in [-0.2, -0.15) is 0 Å². The third kappa shape index (κ3) is 1.95. The van der Waals surface area contributed by atoms with Gasteiger partial charge < -0.3 is 5.73 Å². The zero-order valence-electron chi connectivity index (χ0n) is 8.37. The van der Waals surface area contributed by atoms with Gasteiger partial charge in [-0.1, -0.05) is 17.7 Å². The van der Waals surface area contributed by atoms with Crippen LogP contribution < -0.4 is 5.73 Å². The molecule has 0 atom stereocenters. The van der Waals surface area contributed by atoms with Gasteiger partial charge in [0.1, 0.15) is 0 Å². The third-order valence-electron chi connectivity index (χ3n) is 2.35. The van der Waals surface area contributed by atoms with E-state index >= 15 is 0 Å². The first kappa shape index (κ1) is 9.99. The second-order valence-corrected chi connectivity index (χ2v) is 3.83. The van der Waals surface area contributed by atoms with Crippen molar-refractivity contribution in [3.8, 4) is 11.1 Å². The van der Waals surface area contributed by atoms with E-state index in [1.165, 1.54) is 5.56 Å². The summed E-state index contributed by atoms with van der Waals surface area (Å²) < 4.78 is 0. The highest BCUT2D eigenvalue weighted by Gasteiger charge is 2.03. The molecule has 0 aliphatic rings. The Morgan fingerprint density at radius 1 is 1.27 bits per heavy atom. The molecule has 2 aromatic rings. The van der Waals surface area contributed by atoms with E-state index in [0.717, 1.165) is 11.1 Å². The van der Waals surface area contributed by atoms with Crippen LogP contribution in [0.5, 0.6) is 0 Å². The Hall–Kier alpha value is -1.54. The molecule has 1 aromatic heterocycles. The van der Waals surface area contributed by atoms with Crippen LogP contribution >= 0.6 is 11.6 Å². The molecule has 1 heterocycles. The molecule has 2 nitrogen and oxygen atoms in total. The van der Waals surface area contributed by atoms with Crippen LogP contribution in [0.1, 0.15) is 5.56 Å². The van der Waals surface area contributed by atoms with Crippen LogP contribution in [-0.2, 0) is 0 Å². The van der Waals surface area contributed by atoms with Gasteiger partial charge in [0, 0.05) is 18.0 Å². The molecule has 3 heteroatoms. The van der Waals surface area contributed by atoms with Crippen molar-refractivity contribution < 1.29 is 0 Å². The van der Waals surface area contributed by atoms with E-state index in [1.807, 2.05) is 37.4 Å². The summed E-state index contributed by atoms with van der Waals surface area (Å²) >= 11 is 5.97. The summed E-state index contributed by atoms with van der Waals surface area (Å²) in [4.78, 5) is 4.10. The molecule has 76 valence electrons. The second-order valence-electron chi connectivity index (χ2n) is 3.43. The average Bonchev–Trinajstić information content (AvgIpc) is 2.23. The van der Waals surface area contributed by atoms with E-state index in [-0.39, 0.29) is 0 Å². The molecule has 0 spiro atoms. The maximum Gasteiger partial charge on any atom is 0.0641 e. The number of pyridine rings is 1. The first-order valence-electron chi connectivity index (χ1n) is 4.64. The fourth-order valence-corrected chi connectivity index (χ4v) is 1.64. The van der Waals surface area contributed by atoms with Crippen LogP contribution in [0.3, 0.4) is 0 Å². The topological polar surface area (TPSA) is 38.9 Å². The number of aryl methyl sites for hydroxylation is 1. The van der Waals surface area contributed by atoms with Crippen LogP contribution in [0.2, 0.25) is 5.02 Å². The summed E-state index contributed by atoms with van der Waals surface area (Å²) in [5, 5.41) is 0.579. The zero-order chi connectivity index (χ0) is 10.8. The Morgan fingerprint density at radius 3 is 2.73 bits per heavy atom. The molecule has 15 heavy (non-hydrogen) atoms. The van der Waals surface area contributed by atoms with Crippen LogP contribution in [0.4, 0.5) is 5.69 Å². The van der Waals surface area contributed by atoms with Crippen molar-refractivity contribution in [1.82, 2.24) is 4.98 Å². The van der Waals surface area contributed by atoms with Gasteiger partial charge in [0.2, 0.25) is 0 Å². The molecule has 0 saturated heterocycles. The van der Waals surface area contributed by atoms with Crippen LogP contribution in [0.25, 0.3) is 11.1 Å². The number of benzene rings is 1. The zero-order valence-corrected chi connectivity index (χ0v) is 9.12. The quantitative estimate of drug-likeness (QED) is 0.746. The summed E-state index contributed by atoms with van der Waals surface area (Å²) in [6.07, 6.45) is 3.61. The molecule has 0 fully saturated rings.